The summed E-state index contributed by atoms with van der Waals surface area (Å²) in [5, 5.41) is 38.5. The highest BCUT2D eigenvalue weighted by Gasteiger charge is 2.57. The standard InChI is InChI=1S/C25H20F4N4O3/c26-16-6-8-17(9-7-16)33-23-10-5-15(11-21(23)30-31-33)24(36,25(27,28)29)20-13-32(12-18(35)14-34)22-4-2-1-3-19(20)22/h1-11,13,18,34-36H,12,14H2. The van der Waals surface area contributed by atoms with Gasteiger partial charge in [0, 0.05) is 22.7 Å². The number of hydrogen-bond acceptors (Lipinski definition) is 5. The average molecular weight is 500 g/mol. The number of fused-ring (bicyclic) bond motifs is 2. The molecular formula is C25H20F4N4O3. The predicted octanol–water partition coefficient (Wildman–Crippen LogP) is 3.67. The number of aliphatic hydroxyl groups excluding tert-OH is 2. The molecule has 0 fully saturated rings. The number of aliphatic hydroxyl groups is 3. The summed E-state index contributed by atoms with van der Waals surface area (Å²) in [5.41, 5.74) is -3.05. The number of rotatable bonds is 6. The molecule has 36 heavy (non-hydrogen) atoms. The van der Waals surface area contributed by atoms with E-state index in [4.69, 9.17) is 0 Å². The summed E-state index contributed by atoms with van der Waals surface area (Å²) in [7, 11) is 0. The van der Waals surface area contributed by atoms with Gasteiger partial charge in [-0.2, -0.15) is 13.2 Å². The predicted molar refractivity (Wildman–Crippen MR) is 123 cm³/mol. The second-order valence-electron chi connectivity index (χ2n) is 8.44. The van der Waals surface area contributed by atoms with E-state index in [-0.39, 0.29) is 17.4 Å². The minimum absolute atomic E-state index is 0.0962. The molecule has 11 heteroatoms. The first-order chi connectivity index (χ1) is 17.1. The fraction of sp³-hybridized carbons (Fsp3) is 0.200. The minimum atomic E-state index is -5.13. The van der Waals surface area contributed by atoms with Gasteiger partial charge in [-0.3, -0.25) is 0 Å². The molecule has 2 unspecified atom stereocenters. The van der Waals surface area contributed by atoms with Gasteiger partial charge in [-0.25, -0.2) is 9.07 Å². The van der Waals surface area contributed by atoms with E-state index in [9.17, 15) is 32.9 Å². The fourth-order valence-corrected chi connectivity index (χ4v) is 4.36. The molecule has 0 radical (unpaired) electrons. The largest absolute Gasteiger partial charge is 0.425 e. The Labute approximate surface area is 201 Å². The normalized spacial score (nSPS) is 14.9. The lowest BCUT2D eigenvalue weighted by molar-refractivity contribution is -0.247. The third kappa shape index (κ3) is 3.81. The van der Waals surface area contributed by atoms with Crippen molar-refractivity contribution in [2.24, 2.45) is 0 Å². The second kappa shape index (κ2) is 8.70. The maximum Gasteiger partial charge on any atom is 0.425 e. The first-order valence-corrected chi connectivity index (χ1v) is 10.9. The van der Waals surface area contributed by atoms with Crippen LogP contribution in [0.15, 0.2) is 72.9 Å². The Bertz CT molecular complexity index is 1550. The molecule has 7 nitrogen and oxygen atoms in total. The maximum absolute atomic E-state index is 14.6. The number of benzene rings is 3. The highest BCUT2D eigenvalue weighted by atomic mass is 19.4. The lowest BCUT2D eigenvalue weighted by Gasteiger charge is -2.31. The number of halogens is 4. The number of alkyl halides is 3. The molecule has 3 N–H and O–H groups in total. The van der Waals surface area contributed by atoms with E-state index in [1.54, 1.807) is 18.2 Å². The summed E-state index contributed by atoms with van der Waals surface area (Å²) in [5.74, 6) is -0.452. The Hall–Kier alpha value is -3.80. The van der Waals surface area contributed by atoms with Crippen LogP contribution in [0.25, 0.3) is 27.6 Å². The van der Waals surface area contributed by atoms with Crippen LogP contribution < -0.4 is 0 Å². The minimum Gasteiger partial charge on any atom is -0.394 e. The zero-order valence-corrected chi connectivity index (χ0v) is 18.6. The van der Waals surface area contributed by atoms with E-state index >= 15 is 0 Å². The Morgan fingerprint density at radius 3 is 2.36 bits per heavy atom. The van der Waals surface area contributed by atoms with E-state index in [0.29, 0.717) is 16.7 Å². The number of aromatic nitrogens is 4. The van der Waals surface area contributed by atoms with Gasteiger partial charge in [0.2, 0.25) is 5.60 Å². The number of nitrogens with zero attached hydrogens (tertiary/aromatic N) is 4. The fourth-order valence-electron chi connectivity index (χ4n) is 4.36. The Morgan fingerprint density at radius 2 is 1.67 bits per heavy atom. The van der Waals surface area contributed by atoms with Crippen molar-refractivity contribution >= 4 is 21.9 Å². The molecule has 0 aliphatic carbocycles. The lowest BCUT2D eigenvalue weighted by Crippen LogP contribution is -2.43. The summed E-state index contributed by atoms with van der Waals surface area (Å²) in [6.45, 7) is -0.748. The molecule has 0 saturated carbocycles. The van der Waals surface area contributed by atoms with Crippen molar-refractivity contribution in [3.8, 4) is 5.69 Å². The molecule has 2 aromatic heterocycles. The molecule has 0 aliphatic heterocycles. The highest BCUT2D eigenvalue weighted by molar-refractivity contribution is 5.86. The van der Waals surface area contributed by atoms with Gasteiger partial charge in [-0.1, -0.05) is 29.5 Å². The van der Waals surface area contributed by atoms with Gasteiger partial charge in [-0.15, -0.1) is 5.10 Å². The van der Waals surface area contributed by atoms with Crippen LogP contribution in [-0.4, -0.2) is 53.8 Å². The monoisotopic (exact) mass is 500 g/mol. The molecule has 3 aromatic carbocycles. The molecule has 2 heterocycles. The topological polar surface area (TPSA) is 96.3 Å². The first-order valence-electron chi connectivity index (χ1n) is 10.9. The van der Waals surface area contributed by atoms with Crippen molar-refractivity contribution in [1.82, 2.24) is 19.6 Å². The van der Waals surface area contributed by atoms with Crippen molar-refractivity contribution in [1.29, 1.82) is 0 Å². The van der Waals surface area contributed by atoms with Gasteiger partial charge in [0.15, 0.2) is 0 Å². The zero-order chi connectivity index (χ0) is 25.7. The zero-order valence-electron chi connectivity index (χ0n) is 18.6. The second-order valence-corrected chi connectivity index (χ2v) is 8.44. The van der Waals surface area contributed by atoms with Crippen LogP contribution >= 0.6 is 0 Å². The lowest BCUT2D eigenvalue weighted by atomic mass is 9.85. The average Bonchev–Trinajstić information content (AvgIpc) is 3.45. The quantitative estimate of drug-likeness (QED) is 0.309. The van der Waals surface area contributed by atoms with Gasteiger partial charge in [0.1, 0.15) is 11.3 Å². The number of hydrogen-bond donors (Lipinski definition) is 3. The number of para-hydroxylation sites is 1. The molecule has 0 aliphatic rings. The van der Waals surface area contributed by atoms with Crippen LogP contribution in [-0.2, 0) is 12.1 Å². The van der Waals surface area contributed by atoms with Crippen molar-refractivity contribution in [2.75, 3.05) is 6.61 Å². The van der Waals surface area contributed by atoms with Crippen LogP contribution in [0.1, 0.15) is 11.1 Å². The third-order valence-corrected chi connectivity index (χ3v) is 6.14. The van der Waals surface area contributed by atoms with Crippen molar-refractivity contribution in [3.63, 3.8) is 0 Å². The van der Waals surface area contributed by atoms with Gasteiger partial charge in [0.25, 0.3) is 0 Å². The first kappa shape index (κ1) is 23.9. The molecule has 0 amide bonds. The van der Waals surface area contributed by atoms with Gasteiger partial charge in [0.05, 0.1) is 30.5 Å². The van der Waals surface area contributed by atoms with E-state index in [1.165, 1.54) is 45.6 Å². The van der Waals surface area contributed by atoms with Gasteiger partial charge >= 0.3 is 6.18 Å². The summed E-state index contributed by atoms with van der Waals surface area (Å²) < 4.78 is 59.9. The molecule has 0 saturated heterocycles. The van der Waals surface area contributed by atoms with Crippen LogP contribution in [0.2, 0.25) is 0 Å². The van der Waals surface area contributed by atoms with E-state index in [2.05, 4.69) is 10.3 Å². The van der Waals surface area contributed by atoms with E-state index < -0.39 is 41.4 Å². The summed E-state index contributed by atoms with van der Waals surface area (Å²) in [4.78, 5) is 0. The maximum atomic E-state index is 14.6. The van der Waals surface area contributed by atoms with Crippen molar-refractivity contribution < 1.29 is 32.9 Å². The van der Waals surface area contributed by atoms with Gasteiger partial charge in [-0.05, 0) is 48.0 Å². The van der Waals surface area contributed by atoms with E-state index in [1.807, 2.05) is 0 Å². The Morgan fingerprint density at radius 1 is 0.944 bits per heavy atom. The Balaban J connectivity index is 1.68. The van der Waals surface area contributed by atoms with Crippen molar-refractivity contribution in [3.05, 3.63) is 89.9 Å². The van der Waals surface area contributed by atoms with Crippen LogP contribution in [0.5, 0.6) is 0 Å². The molecule has 0 bridgehead atoms. The summed E-state index contributed by atoms with van der Waals surface area (Å²) in [6.07, 6.45) is -5.19. The molecule has 186 valence electrons. The highest BCUT2D eigenvalue weighted by Crippen LogP contribution is 2.47. The molecule has 2 atom stereocenters. The van der Waals surface area contributed by atoms with Crippen molar-refractivity contribution in [2.45, 2.75) is 24.4 Å². The third-order valence-electron chi connectivity index (χ3n) is 6.14. The molecular weight excluding hydrogens is 480 g/mol. The smallest absolute Gasteiger partial charge is 0.394 e. The molecule has 5 rings (SSSR count). The SMILES string of the molecule is OCC(O)Cn1cc(C(O)(c2ccc3c(c2)nnn3-c2ccc(F)cc2)C(F)(F)F)c2ccccc21. The summed E-state index contributed by atoms with van der Waals surface area (Å²) >= 11 is 0. The summed E-state index contributed by atoms with van der Waals surface area (Å²) in [6, 6.07) is 15.2. The van der Waals surface area contributed by atoms with Crippen LogP contribution in [0, 0.1) is 5.82 Å². The Kier molecular flexibility index (Phi) is 5.78. The molecule has 5 aromatic rings. The van der Waals surface area contributed by atoms with E-state index in [0.717, 1.165) is 18.3 Å². The van der Waals surface area contributed by atoms with Gasteiger partial charge < -0.3 is 19.9 Å². The molecule has 0 spiro atoms. The van der Waals surface area contributed by atoms with Crippen LogP contribution in [0.3, 0.4) is 0 Å². The van der Waals surface area contributed by atoms with Crippen LogP contribution in [0.4, 0.5) is 17.6 Å².